The Morgan fingerprint density at radius 1 is 1.15 bits per heavy atom. The summed E-state index contributed by atoms with van der Waals surface area (Å²) in [6, 6.07) is 6.44. The van der Waals surface area contributed by atoms with E-state index in [-0.39, 0.29) is 35.2 Å². The zero-order chi connectivity index (χ0) is 18.9. The van der Waals surface area contributed by atoms with Crippen molar-refractivity contribution in [2.45, 2.75) is 39.7 Å². The van der Waals surface area contributed by atoms with Crippen molar-refractivity contribution >= 4 is 17.9 Å². The van der Waals surface area contributed by atoms with Gasteiger partial charge in [0.15, 0.2) is 0 Å². The van der Waals surface area contributed by atoms with Gasteiger partial charge >= 0.3 is 6.09 Å². The molecule has 6 heteroatoms. The molecule has 138 valence electrons. The van der Waals surface area contributed by atoms with Gasteiger partial charge in [-0.1, -0.05) is 32.9 Å². The molecule has 6 nitrogen and oxygen atoms in total. The monoisotopic (exact) mass is 356 g/mol. The lowest BCUT2D eigenvalue weighted by Crippen LogP contribution is -2.44. The van der Waals surface area contributed by atoms with Crippen molar-refractivity contribution < 1.29 is 19.5 Å². The first kappa shape index (κ1) is 17.1. The van der Waals surface area contributed by atoms with E-state index in [1.165, 1.54) is 9.80 Å². The van der Waals surface area contributed by atoms with Crippen molar-refractivity contribution in [2.24, 2.45) is 16.7 Å². The van der Waals surface area contributed by atoms with E-state index in [4.69, 9.17) is 0 Å². The minimum atomic E-state index is -0.969. The second-order valence-electron chi connectivity index (χ2n) is 9.02. The van der Waals surface area contributed by atoms with Gasteiger partial charge in [0, 0.05) is 13.1 Å². The maximum Gasteiger partial charge on any atom is 0.407 e. The van der Waals surface area contributed by atoms with Crippen molar-refractivity contribution in [3.8, 4) is 0 Å². The molecule has 0 aromatic heterocycles. The predicted molar refractivity (Wildman–Crippen MR) is 94.9 cm³/mol. The number of hydrogen-bond donors (Lipinski definition) is 1. The normalized spacial score (nSPS) is 30.3. The molecule has 2 aliphatic heterocycles. The number of carboxylic acid groups (broad SMARTS) is 1. The number of amides is 3. The van der Waals surface area contributed by atoms with Crippen LogP contribution in [0.1, 0.15) is 54.3 Å². The van der Waals surface area contributed by atoms with Crippen molar-refractivity contribution in [3.63, 3.8) is 0 Å². The summed E-state index contributed by atoms with van der Waals surface area (Å²) >= 11 is 0. The van der Waals surface area contributed by atoms with E-state index in [0.29, 0.717) is 30.0 Å². The molecule has 4 rings (SSSR count). The molecule has 1 spiro atoms. The van der Waals surface area contributed by atoms with Crippen LogP contribution in [0.25, 0.3) is 0 Å². The second-order valence-corrected chi connectivity index (χ2v) is 9.02. The van der Waals surface area contributed by atoms with Crippen LogP contribution in [0.3, 0.4) is 0 Å². The largest absolute Gasteiger partial charge is 0.465 e. The van der Waals surface area contributed by atoms with Gasteiger partial charge in [0.1, 0.15) is 0 Å². The maximum atomic E-state index is 12.6. The molecule has 1 saturated heterocycles. The highest BCUT2D eigenvalue weighted by atomic mass is 16.4. The van der Waals surface area contributed by atoms with Gasteiger partial charge in [0.25, 0.3) is 11.8 Å². The Hall–Kier alpha value is -2.37. The summed E-state index contributed by atoms with van der Waals surface area (Å²) in [5.41, 5.74) is 0.950. The Morgan fingerprint density at radius 3 is 2.19 bits per heavy atom. The molecule has 1 aromatic rings. The SMILES string of the molecule is CC(C)(C)[C@@H]1CC12CC(CN1C(=O)c3ccccc3C1=O)N(C(=O)O)C2. The third kappa shape index (κ3) is 2.42. The topological polar surface area (TPSA) is 77.9 Å². The van der Waals surface area contributed by atoms with Crippen molar-refractivity contribution in [1.29, 1.82) is 0 Å². The molecule has 1 aliphatic carbocycles. The van der Waals surface area contributed by atoms with E-state index < -0.39 is 6.09 Å². The van der Waals surface area contributed by atoms with Crippen LogP contribution < -0.4 is 0 Å². The molecule has 1 saturated carbocycles. The third-order valence-corrected chi connectivity index (χ3v) is 6.32. The maximum absolute atomic E-state index is 12.6. The number of carbonyl (C=O) groups excluding carboxylic acids is 2. The van der Waals surface area contributed by atoms with Gasteiger partial charge in [-0.25, -0.2) is 4.79 Å². The van der Waals surface area contributed by atoms with Gasteiger partial charge in [-0.3, -0.25) is 14.5 Å². The molecule has 2 unspecified atom stereocenters. The number of hydrogen-bond acceptors (Lipinski definition) is 3. The van der Waals surface area contributed by atoms with E-state index in [1.807, 2.05) is 0 Å². The van der Waals surface area contributed by atoms with Crippen LogP contribution in [-0.2, 0) is 0 Å². The first-order valence-electron chi connectivity index (χ1n) is 9.09. The van der Waals surface area contributed by atoms with E-state index in [0.717, 1.165) is 6.42 Å². The number of benzene rings is 1. The molecule has 1 N–H and O–H groups in total. The van der Waals surface area contributed by atoms with Gasteiger partial charge in [-0.2, -0.15) is 0 Å². The average molecular weight is 356 g/mol. The van der Waals surface area contributed by atoms with Gasteiger partial charge < -0.3 is 10.0 Å². The lowest BCUT2D eigenvalue weighted by atomic mass is 9.83. The molecule has 2 fully saturated rings. The zero-order valence-electron chi connectivity index (χ0n) is 15.4. The highest BCUT2D eigenvalue weighted by Crippen LogP contribution is 2.66. The summed E-state index contributed by atoms with van der Waals surface area (Å²) in [7, 11) is 0. The highest BCUT2D eigenvalue weighted by molar-refractivity contribution is 6.21. The van der Waals surface area contributed by atoms with Gasteiger partial charge in [-0.15, -0.1) is 0 Å². The molecular formula is C20H24N2O4. The number of imide groups is 1. The number of rotatable bonds is 2. The van der Waals surface area contributed by atoms with Crippen LogP contribution in [0, 0.1) is 16.7 Å². The second kappa shape index (κ2) is 5.32. The van der Waals surface area contributed by atoms with E-state index in [9.17, 15) is 19.5 Å². The summed E-state index contributed by atoms with van der Waals surface area (Å²) in [6.07, 6.45) is 0.760. The lowest BCUT2D eigenvalue weighted by Gasteiger charge is -2.25. The highest BCUT2D eigenvalue weighted by Gasteiger charge is 2.64. The molecule has 3 amide bonds. The molecule has 0 bridgehead atoms. The Bertz CT molecular complexity index is 777. The first-order chi connectivity index (χ1) is 12.1. The van der Waals surface area contributed by atoms with Crippen LogP contribution in [-0.4, -0.2) is 51.9 Å². The number of fused-ring (bicyclic) bond motifs is 1. The molecule has 2 heterocycles. The van der Waals surface area contributed by atoms with Crippen molar-refractivity contribution in [1.82, 2.24) is 9.80 Å². The number of carbonyl (C=O) groups is 3. The molecule has 3 atom stereocenters. The molecule has 0 radical (unpaired) electrons. The lowest BCUT2D eigenvalue weighted by molar-refractivity contribution is 0.0603. The fraction of sp³-hybridized carbons (Fsp3) is 0.550. The van der Waals surface area contributed by atoms with Crippen molar-refractivity contribution in [2.75, 3.05) is 13.1 Å². The zero-order valence-corrected chi connectivity index (χ0v) is 15.4. The molecule has 3 aliphatic rings. The fourth-order valence-corrected chi connectivity index (χ4v) is 5.09. The predicted octanol–water partition coefficient (Wildman–Crippen LogP) is 3.09. The standard InChI is InChI=1S/C20H24N2O4/c1-19(2,3)15-9-20(15)8-12(22(11-20)18(25)26)10-21-16(23)13-6-4-5-7-14(13)17(21)24/h4-7,12,15H,8-11H2,1-3H3,(H,25,26)/t12?,15-,20?/m0/s1. The van der Waals surface area contributed by atoms with Crippen LogP contribution in [0.4, 0.5) is 4.79 Å². The van der Waals surface area contributed by atoms with Gasteiger partial charge in [0.05, 0.1) is 17.2 Å². The Morgan fingerprint density at radius 2 is 1.73 bits per heavy atom. The summed E-state index contributed by atoms with van der Waals surface area (Å²) in [5.74, 6) is -0.163. The Labute approximate surface area is 152 Å². The smallest absolute Gasteiger partial charge is 0.407 e. The third-order valence-electron chi connectivity index (χ3n) is 6.32. The Balaban J connectivity index is 1.56. The van der Waals surface area contributed by atoms with E-state index >= 15 is 0 Å². The van der Waals surface area contributed by atoms with Crippen LogP contribution in [0.15, 0.2) is 24.3 Å². The fourth-order valence-electron chi connectivity index (χ4n) is 5.09. The van der Waals surface area contributed by atoms with Gasteiger partial charge in [0.2, 0.25) is 0 Å². The number of nitrogens with zero attached hydrogens (tertiary/aromatic N) is 2. The molecule has 26 heavy (non-hydrogen) atoms. The van der Waals surface area contributed by atoms with Crippen LogP contribution >= 0.6 is 0 Å². The summed E-state index contributed by atoms with van der Waals surface area (Å²) in [4.78, 5) is 39.7. The van der Waals surface area contributed by atoms with E-state index in [1.54, 1.807) is 24.3 Å². The minimum absolute atomic E-state index is 0.0000224. The summed E-state index contributed by atoms with van der Waals surface area (Å²) in [5, 5.41) is 9.65. The summed E-state index contributed by atoms with van der Waals surface area (Å²) < 4.78 is 0. The average Bonchev–Trinajstić information content (AvgIpc) is 3.09. The molecular weight excluding hydrogens is 332 g/mol. The number of likely N-dealkylation sites (tertiary alicyclic amines) is 1. The summed E-state index contributed by atoms with van der Waals surface area (Å²) in [6.45, 7) is 7.20. The van der Waals surface area contributed by atoms with Crippen molar-refractivity contribution in [3.05, 3.63) is 35.4 Å². The van der Waals surface area contributed by atoms with Gasteiger partial charge in [-0.05, 0) is 41.7 Å². The first-order valence-corrected chi connectivity index (χ1v) is 9.09. The van der Waals surface area contributed by atoms with Crippen LogP contribution in [0.5, 0.6) is 0 Å². The van der Waals surface area contributed by atoms with E-state index in [2.05, 4.69) is 20.8 Å². The molecule has 1 aromatic carbocycles. The quantitative estimate of drug-likeness (QED) is 0.826. The van der Waals surface area contributed by atoms with Crippen LogP contribution in [0.2, 0.25) is 0 Å². The minimum Gasteiger partial charge on any atom is -0.465 e. The Kier molecular flexibility index (Phi) is 3.49.